The lowest BCUT2D eigenvalue weighted by Crippen LogP contribution is -2.39. The number of amidine groups is 1. The third kappa shape index (κ3) is 4.08. The van der Waals surface area contributed by atoms with Crippen LogP contribution in [0.5, 0.6) is 5.75 Å². The van der Waals surface area contributed by atoms with Gasteiger partial charge < -0.3 is 9.64 Å². The molecule has 0 saturated carbocycles. The normalized spacial score (nSPS) is 19.6. The zero-order chi connectivity index (χ0) is 25.6. The van der Waals surface area contributed by atoms with Crippen LogP contribution < -0.4 is 4.74 Å². The Balaban J connectivity index is 1.52. The van der Waals surface area contributed by atoms with Crippen LogP contribution in [-0.4, -0.2) is 53.4 Å². The number of methoxy groups -OCH3 is 1. The van der Waals surface area contributed by atoms with Crippen molar-refractivity contribution in [3.8, 4) is 11.4 Å². The standard InChI is InChI=1S/C28H29N5O3S/c1-20-26-27(21-10-9-13-23(18-21)36-2)32-19-24(37(34,35)31-16-7-4-8-17-31)14-15-25(32)29-28(26)33(30-20)22-11-5-3-6-12-22/h3,5-6,9-15,18-19,27H,4,7-8,16-17H2,1-2H3. The van der Waals surface area contributed by atoms with Gasteiger partial charge in [0.1, 0.15) is 11.6 Å². The van der Waals surface area contributed by atoms with Gasteiger partial charge in [0.15, 0.2) is 5.82 Å². The summed E-state index contributed by atoms with van der Waals surface area (Å²) < 4.78 is 36.1. The minimum absolute atomic E-state index is 0.276. The van der Waals surface area contributed by atoms with Crippen LogP contribution in [-0.2, 0) is 10.0 Å². The molecule has 3 aliphatic heterocycles. The van der Waals surface area contributed by atoms with Crippen LogP contribution in [0.15, 0.2) is 82.8 Å². The van der Waals surface area contributed by atoms with Crippen LogP contribution in [0, 0.1) is 6.92 Å². The monoisotopic (exact) mass is 515 g/mol. The lowest BCUT2D eigenvalue weighted by Gasteiger charge is -2.37. The summed E-state index contributed by atoms with van der Waals surface area (Å²) in [6.45, 7) is 3.09. The van der Waals surface area contributed by atoms with Gasteiger partial charge in [0.05, 0.1) is 29.4 Å². The minimum Gasteiger partial charge on any atom is -0.497 e. The number of aliphatic imine (C=N–C) groups is 1. The van der Waals surface area contributed by atoms with Gasteiger partial charge in [-0.05, 0) is 61.7 Å². The van der Waals surface area contributed by atoms with Crippen molar-refractivity contribution < 1.29 is 13.2 Å². The molecule has 1 unspecified atom stereocenters. The second kappa shape index (κ2) is 9.32. The predicted molar refractivity (Wildman–Crippen MR) is 144 cm³/mol. The summed E-state index contributed by atoms with van der Waals surface area (Å²) in [5.41, 5.74) is 3.64. The van der Waals surface area contributed by atoms with E-state index in [1.807, 2.05) is 71.1 Å². The lowest BCUT2D eigenvalue weighted by molar-refractivity contribution is 0.349. The van der Waals surface area contributed by atoms with Gasteiger partial charge in [0.25, 0.3) is 0 Å². The van der Waals surface area contributed by atoms with E-state index >= 15 is 0 Å². The van der Waals surface area contributed by atoms with Crippen molar-refractivity contribution in [3.05, 3.63) is 94.7 Å². The van der Waals surface area contributed by atoms with E-state index in [0.29, 0.717) is 18.9 Å². The number of allylic oxidation sites excluding steroid dienone is 1. The highest BCUT2D eigenvalue weighted by molar-refractivity contribution is 7.93. The second-order valence-electron chi connectivity index (χ2n) is 9.46. The number of fused-ring (bicyclic) bond motifs is 2. The molecule has 0 spiro atoms. The third-order valence-electron chi connectivity index (χ3n) is 7.14. The van der Waals surface area contributed by atoms with Crippen molar-refractivity contribution in [1.82, 2.24) is 19.0 Å². The first-order valence-electron chi connectivity index (χ1n) is 12.5. The maximum atomic E-state index is 13.6. The van der Waals surface area contributed by atoms with Gasteiger partial charge in [-0.25, -0.2) is 18.1 Å². The van der Waals surface area contributed by atoms with Crippen LogP contribution in [0.25, 0.3) is 5.69 Å². The van der Waals surface area contributed by atoms with Gasteiger partial charge in [0.2, 0.25) is 10.0 Å². The van der Waals surface area contributed by atoms with Crippen molar-refractivity contribution >= 4 is 21.7 Å². The molecule has 2 aromatic carbocycles. The number of rotatable bonds is 5. The topological polar surface area (TPSA) is 80.0 Å². The van der Waals surface area contributed by atoms with Gasteiger partial charge in [-0.3, -0.25) is 0 Å². The van der Waals surface area contributed by atoms with Gasteiger partial charge in [0, 0.05) is 24.9 Å². The molecule has 3 aliphatic rings. The molecule has 0 aliphatic carbocycles. The quantitative estimate of drug-likeness (QED) is 0.485. The van der Waals surface area contributed by atoms with Crippen molar-refractivity contribution in [3.63, 3.8) is 0 Å². The minimum atomic E-state index is -3.61. The number of aryl methyl sites for hydroxylation is 1. The zero-order valence-electron chi connectivity index (χ0n) is 20.9. The zero-order valence-corrected chi connectivity index (χ0v) is 21.7. The highest BCUT2D eigenvalue weighted by Gasteiger charge is 2.38. The first-order valence-corrected chi connectivity index (χ1v) is 14.0. The Morgan fingerprint density at radius 3 is 2.51 bits per heavy atom. The highest BCUT2D eigenvalue weighted by Crippen LogP contribution is 2.44. The van der Waals surface area contributed by atoms with Crippen LogP contribution in [0.1, 0.15) is 42.1 Å². The Bertz CT molecular complexity index is 1530. The summed E-state index contributed by atoms with van der Waals surface area (Å²) in [5.74, 6) is 2.13. The molecule has 0 N–H and O–H groups in total. The van der Waals surface area contributed by atoms with Crippen LogP contribution in [0.4, 0.5) is 5.82 Å². The summed E-state index contributed by atoms with van der Waals surface area (Å²) in [6.07, 6.45) is 8.04. The van der Waals surface area contributed by atoms with Crippen molar-refractivity contribution in [1.29, 1.82) is 0 Å². The highest BCUT2D eigenvalue weighted by atomic mass is 32.2. The SMILES string of the molecule is COc1cccc(C2c3c(C)nn(-c4ccccc4)c3N=C3C=CC(S(=O)(=O)N4CCCCC4)=CN32)c1. The van der Waals surface area contributed by atoms with Crippen LogP contribution in [0.2, 0.25) is 0 Å². The Morgan fingerprint density at radius 1 is 0.973 bits per heavy atom. The molecule has 6 rings (SSSR count). The molecule has 8 nitrogen and oxygen atoms in total. The molecule has 1 saturated heterocycles. The maximum absolute atomic E-state index is 13.6. The number of piperidine rings is 1. The number of hydrogen-bond acceptors (Lipinski definition) is 6. The molecule has 3 aromatic rings. The largest absolute Gasteiger partial charge is 0.497 e. The average molecular weight is 516 g/mol. The number of para-hydroxylation sites is 1. The van der Waals surface area contributed by atoms with E-state index in [9.17, 15) is 8.42 Å². The number of benzene rings is 2. The first kappa shape index (κ1) is 23.7. The average Bonchev–Trinajstić information content (AvgIpc) is 3.28. The molecule has 0 bridgehead atoms. The molecular weight excluding hydrogens is 486 g/mol. The Hall–Kier alpha value is -3.69. The summed E-state index contributed by atoms with van der Waals surface area (Å²) in [4.78, 5) is 7.22. The number of ether oxygens (including phenoxy) is 1. The smallest absolute Gasteiger partial charge is 0.244 e. The molecule has 1 atom stereocenters. The van der Waals surface area contributed by atoms with Gasteiger partial charge in [-0.1, -0.05) is 36.8 Å². The second-order valence-corrected chi connectivity index (χ2v) is 11.4. The van der Waals surface area contributed by atoms with E-state index in [1.165, 1.54) is 0 Å². The van der Waals surface area contributed by atoms with Crippen molar-refractivity contribution in [2.24, 2.45) is 4.99 Å². The van der Waals surface area contributed by atoms with Crippen molar-refractivity contribution in [2.75, 3.05) is 20.2 Å². The summed E-state index contributed by atoms with van der Waals surface area (Å²) >= 11 is 0. The lowest BCUT2D eigenvalue weighted by atomic mass is 9.94. The number of aromatic nitrogens is 2. The molecule has 0 radical (unpaired) electrons. The molecule has 37 heavy (non-hydrogen) atoms. The fourth-order valence-electron chi connectivity index (χ4n) is 5.29. The van der Waals surface area contributed by atoms with E-state index in [0.717, 1.165) is 53.3 Å². The summed E-state index contributed by atoms with van der Waals surface area (Å²) in [6, 6.07) is 17.5. The Kier molecular flexibility index (Phi) is 5.97. The van der Waals surface area contributed by atoms with E-state index in [2.05, 4.69) is 0 Å². The van der Waals surface area contributed by atoms with E-state index < -0.39 is 10.0 Å². The summed E-state index contributed by atoms with van der Waals surface area (Å²) in [7, 11) is -1.97. The molecule has 9 heteroatoms. The first-order chi connectivity index (χ1) is 18.0. The molecular formula is C28H29N5O3S. The predicted octanol–water partition coefficient (Wildman–Crippen LogP) is 4.85. The Labute approximate surface area is 217 Å². The maximum Gasteiger partial charge on any atom is 0.244 e. The third-order valence-corrected chi connectivity index (χ3v) is 9.03. The van der Waals surface area contributed by atoms with Gasteiger partial charge in [-0.2, -0.15) is 9.40 Å². The molecule has 190 valence electrons. The van der Waals surface area contributed by atoms with E-state index in [1.54, 1.807) is 29.8 Å². The van der Waals surface area contributed by atoms with E-state index in [-0.39, 0.29) is 10.9 Å². The summed E-state index contributed by atoms with van der Waals surface area (Å²) in [5, 5.41) is 4.86. The molecule has 4 heterocycles. The van der Waals surface area contributed by atoms with Crippen LogP contribution >= 0.6 is 0 Å². The molecule has 1 fully saturated rings. The fraction of sp³-hybridized carbons (Fsp3) is 0.286. The number of hydrogen-bond donors (Lipinski definition) is 0. The fourth-order valence-corrected chi connectivity index (χ4v) is 6.81. The van der Waals surface area contributed by atoms with Crippen LogP contribution in [0.3, 0.4) is 0 Å². The molecule has 1 aromatic heterocycles. The van der Waals surface area contributed by atoms with Gasteiger partial charge in [-0.15, -0.1) is 0 Å². The van der Waals surface area contributed by atoms with Gasteiger partial charge >= 0.3 is 0 Å². The van der Waals surface area contributed by atoms with E-state index in [4.69, 9.17) is 14.8 Å². The number of sulfonamides is 1. The number of nitrogens with zero attached hydrogens (tertiary/aromatic N) is 5. The van der Waals surface area contributed by atoms with Crippen molar-refractivity contribution in [2.45, 2.75) is 32.2 Å². The Morgan fingerprint density at radius 2 is 1.76 bits per heavy atom. The molecule has 0 amide bonds.